The second-order valence-electron chi connectivity index (χ2n) is 7.05. The highest BCUT2D eigenvalue weighted by Crippen LogP contribution is 2.45. The highest BCUT2D eigenvalue weighted by atomic mass is 19.4. The van der Waals surface area contributed by atoms with Gasteiger partial charge in [-0.2, -0.15) is 18.3 Å². The van der Waals surface area contributed by atoms with Gasteiger partial charge in [-0.1, -0.05) is 6.07 Å². The molecule has 2 atom stereocenters. The van der Waals surface area contributed by atoms with E-state index in [-0.39, 0.29) is 12.2 Å². The van der Waals surface area contributed by atoms with Crippen molar-refractivity contribution in [1.82, 2.24) is 14.8 Å². The number of rotatable bonds is 5. The molecule has 31 heavy (non-hydrogen) atoms. The van der Waals surface area contributed by atoms with Gasteiger partial charge in [0.2, 0.25) is 5.88 Å². The number of aromatic nitrogens is 3. The molecule has 4 rings (SSSR count). The van der Waals surface area contributed by atoms with Crippen molar-refractivity contribution in [3.8, 4) is 28.6 Å². The van der Waals surface area contributed by atoms with E-state index in [4.69, 9.17) is 14.2 Å². The van der Waals surface area contributed by atoms with E-state index in [0.717, 1.165) is 4.68 Å². The Balaban J connectivity index is 1.74. The number of pyridine rings is 1. The monoisotopic (exact) mass is 434 g/mol. The number of fused-ring (bicyclic) bond motifs is 1. The molecule has 7 nitrogen and oxygen atoms in total. The Bertz CT molecular complexity index is 1080. The first-order chi connectivity index (χ1) is 14.8. The largest absolute Gasteiger partial charge is 0.493 e. The van der Waals surface area contributed by atoms with Gasteiger partial charge in [-0.3, -0.25) is 0 Å². The number of halogens is 3. The van der Waals surface area contributed by atoms with Crippen molar-refractivity contribution in [3.63, 3.8) is 0 Å². The number of alkyl halides is 3. The van der Waals surface area contributed by atoms with Gasteiger partial charge in [0.25, 0.3) is 0 Å². The van der Waals surface area contributed by atoms with Crippen LogP contribution in [0.2, 0.25) is 0 Å². The van der Waals surface area contributed by atoms with Gasteiger partial charge < -0.3 is 19.5 Å². The molecule has 0 amide bonds. The molecule has 164 valence electrons. The summed E-state index contributed by atoms with van der Waals surface area (Å²) in [6.45, 7) is 0. The molecule has 1 aliphatic rings. The fraction of sp³-hybridized carbons (Fsp3) is 0.333. The highest BCUT2D eigenvalue weighted by molar-refractivity contribution is 5.64. The van der Waals surface area contributed by atoms with E-state index in [2.05, 4.69) is 15.4 Å². The normalized spacial score (nSPS) is 18.1. The maximum atomic E-state index is 13.9. The SMILES string of the molecule is COc1cc(-c2cc3n(n2)[C@@H](C(F)(F)F)CC(c2ccc(OC)c(OC)c2)N3)ccn1. The van der Waals surface area contributed by atoms with Gasteiger partial charge in [0, 0.05) is 30.3 Å². The summed E-state index contributed by atoms with van der Waals surface area (Å²) in [5.41, 5.74) is 1.66. The minimum atomic E-state index is -4.47. The Kier molecular flexibility index (Phi) is 5.38. The van der Waals surface area contributed by atoms with Gasteiger partial charge in [-0.05, 0) is 23.8 Å². The molecule has 0 aliphatic carbocycles. The number of nitrogens with zero attached hydrogens (tertiary/aromatic N) is 3. The lowest BCUT2D eigenvalue weighted by molar-refractivity contribution is -0.173. The summed E-state index contributed by atoms with van der Waals surface area (Å²) in [6.07, 6.45) is -3.16. The zero-order valence-electron chi connectivity index (χ0n) is 17.1. The summed E-state index contributed by atoms with van der Waals surface area (Å²) >= 11 is 0. The molecular formula is C21H21F3N4O3. The molecule has 0 saturated carbocycles. The molecule has 1 aliphatic heterocycles. The molecule has 10 heteroatoms. The van der Waals surface area contributed by atoms with Crippen molar-refractivity contribution in [2.24, 2.45) is 0 Å². The van der Waals surface area contributed by atoms with Crippen LogP contribution in [-0.2, 0) is 0 Å². The summed E-state index contributed by atoms with van der Waals surface area (Å²) in [5.74, 6) is 1.59. The Labute approximate surface area is 176 Å². The minimum Gasteiger partial charge on any atom is -0.493 e. The molecule has 0 fully saturated rings. The van der Waals surface area contributed by atoms with Gasteiger partial charge in [0.05, 0.1) is 33.1 Å². The molecule has 0 bridgehead atoms. The van der Waals surface area contributed by atoms with Gasteiger partial charge in [0.15, 0.2) is 17.5 Å². The predicted molar refractivity (Wildman–Crippen MR) is 108 cm³/mol. The van der Waals surface area contributed by atoms with E-state index in [1.165, 1.54) is 27.5 Å². The molecule has 1 N–H and O–H groups in total. The van der Waals surface area contributed by atoms with Crippen LogP contribution in [0.3, 0.4) is 0 Å². The first kappa shape index (κ1) is 20.8. The molecule has 0 spiro atoms. The molecule has 0 saturated heterocycles. The second kappa shape index (κ2) is 8.01. The fourth-order valence-electron chi connectivity index (χ4n) is 3.68. The summed E-state index contributed by atoms with van der Waals surface area (Å²) in [4.78, 5) is 4.03. The van der Waals surface area contributed by atoms with Crippen LogP contribution in [0.25, 0.3) is 11.3 Å². The quantitative estimate of drug-likeness (QED) is 0.631. The van der Waals surface area contributed by atoms with E-state index in [9.17, 15) is 13.2 Å². The Hall–Kier alpha value is -3.43. The van der Waals surface area contributed by atoms with Crippen LogP contribution in [-0.4, -0.2) is 42.3 Å². The van der Waals surface area contributed by atoms with Gasteiger partial charge in [-0.15, -0.1) is 0 Å². The number of nitrogens with one attached hydrogen (secondary N) is 1. The molecule has 3 aromatic rings. The lowest BCUT2D eigenvalue weighted by atomic mass is 9.96. The number of hydrogen-bond acceptors (Lipinski definition) is 6. The lowest BCUT2D eigenvalue weighted by Crippen LogP contribution is -2.35. The molecule has 0 radical (unpaired) electrons. The summed E-state index contributed by atoms with van der Waals surface area (Å²) in [6, 6.07) is 7.63. The zero-order chi connectivity index (χ0) is 22.2. The average molecular weight is 434 g/mol. The summed E-state index contributed by atoms with van der Waals surface area (Å²) in [7, 11) is 4.46. The lowest BCUT2D eigenvalue weighted by Gasteiger charge is -2.33. The van der Waals surface area contributed by atoms with E-state index in [1.54, 1.807) is 36.4 Å². The van der Waals surface area contributed by atoms with Crippen LogP contribution >= 0.6 is 0 Å². The van der Waals surface area contributed by atoms with Crippen LogP contribution in [0, 0.1) is 0 Å². The Morgan fingerprint density at radius 2 is 1.77 bits per heavy atom. The topological polar surface area (TPSA) is 70.4 Å². The van der Waals surface area contributed by atoms with Crippen molar-refractivity contribution in [3.05, 3.63) is 48.2 Å². The van der Waals surface area contributed by atoms with Crippen molar-refractivity contribution >= 4 is 5.82 Å². The van der Waals surface area contributed by atoms with Crippen molar-refractivity contribution < 1.29 is 27.4 Å². The number of methoxy groups -OCH3 is 3. The average Bonchev–Trinajstić information content (AvgIpc) is 3.21. The van der Waals surface area contributed by atoms with Crippen molar-refractivity contribution in [1.29, 1.82) is 0 Å². The summed E-state index contributed by atoms with van der Waals surface area (Å²) < 4.78 is 58.5. The maximum Gasteiger partial charge on any atom is 0.410 e. The highest BCUT2D eigenvalue weighted by Gasteiger charge is 2.46. The Morgan fingerprint density at radius 1 is 1.00 bits per heavy atom. The fourth-order valence-corrected chi connectivity index (χ4v) is 3.68. The number of hydrogen-bond donors (Lipinski definition) is 1. The third-order valence-electron chi connectivity index (χ3n) is 5.24. The van der Waals surface area contributed by atoms with E-state index in [0.29, 0.717) is 34.2 Å². The van der Waals surface area contributed by atoms with E-state index < -0.39 is 18.3 Å². The summed E-state index contributed by atoms with van der Waals surface area (Å²) in [5, 5.41) is 7.42. The number of benzene rings is 1. The molecule has 3 heterocycles. The van der Waals surface area contributed by atoms with Crippen molar-refractivity contribution in [2.75, 3.05) is 26.6 Å². The Morgan fingerprint density at radius 3 is 2.45 bits per heavy atom. The van der Waals surface area contributed by atoms with Crippen LogP contribution in [0.15, 0.2) is 42.6 Å². The predicted octanol–water partition coefficient (Wildman–Crippen LogP) is 4.63. The van der Waals surface area contributed by atoms with Crippen LogP contribution in [0.5, 0.6) is 17.4 Å². The first-order valence-electron chi connectivity index (χ1n) is 9.49. The third kappa shape index (κ3) is 3.97. The molecular weight excluding hydrogens is 413 g/mol. The third-order valence-corrected chi connectivity index (χ3v) is 5.24. The molecule has 1 unspecified atom stereocenters. The molecule has 2 aromatic heterocycles. The number of ether oxygens (including phenoxy) is 3. The van der Waals surface area contributed by atoms with Gasteiger partial charge in [-0.25, -0.2) is 9.67 Å². The second-order valence-corrected chi connectivity index (χ2v) is 7.05. The maximum absolute atomic E-state index is 13.9. The van der Waals surface area contributed by atoms with Crippen molar-refractivity contribution in [2.45, 2.75) is 24.7 Å². The number of anilines is 1. The van der Waals surface area contributed by atoms with Crippen LogP contribution in [0.1, 0.15) is 24.1 Å². The van der Waals surface area contributed by atoms with Crippen LogP contribution in [0.4, 0.5) is 19.0 Å². The van der Waals surface area contributed by atoms with Crippen LogP contribution < -0.4 is 19.5 Å². The smallest absolute Gasteiger partial charge is 0.410 e. The standard InChI is InChI=1S/C21H21F3N4O3/c1-29-16-5-4-12(8-17(16)30-2)14-10-18(21(22,23)24)28-19(26-14)11-15(27-28)13-6-7-25-20(9-13)31-3/h4-9,11,14,18,26H,10H2,1-3H3/t14?,18-/m1/s1. The first-order valence-corrected chi connectivity index (χ1v) is 9.49. The van der Waals surface area contributed by atoms with Gasteiger partial charge in [0.1, 0.15) is 5.82 Å². The molecule has 1 aromatic carbocycles. The minimum absolute atomic E-state index is 0.216. The van der Waals surface area contributed by atoms with Gasteiger partial charge >= 0.3 is 6.18 Å². The zero-order valence-corrected chi connectivity index (χ0v) is 17.1. The van der Waals surface area contributed by atoms with E-state index >= 15 is 0 Å². The van der Waals surface area contributed by atoms with E-state index in [1.807, 2.05) is 0 Å².